The highest BCUT2D eigenvalue weighted by molar-refractivity contribution is 5.85. The van der Waals surface area contributed by atoms with Crippen molar-refractivity contribution in [2.75, 3.05) is 26.2 Å². The van der Waals surface area contributed by atoms with Gasteiger partial charge >= 0.3 is 0 Å². The van der Waals surface area contributed by atoms with Gasteiger partial charge in [0.2, 0.25) is 11.8 Å². The summed E-state index contributed by atoms with van der Waals surface area (Å²) in [5.74, 6) is 1.12. The van der Waals surface area contributed by atoms with Crippen molar-refractivity contribution in [1.29, 1.82) is 0 Å². The molecule has 0 radical (unpaired) electrons. The molecule has 1 spiro atoms. The number of hydrogen-bond donors (Lipinski definition) is 1. The summed E-state index contributed by atoms with van der Waals surface area (Å²) in [6.07, 6.45) is 12.2. The van der Waals surface area contributed by atoms with Crippen LogP contribution in [0.5, 0.6) is 0 Å². The van der Waals surface area contributed by atoms with Crippen LogP contribution in [0.4, 0.5) is 0 Å². The number of carbonyl (C=O) groups excluding carboxylic acids is 2. The molecule has 2 aromatic rings. The van der Waals surface area contributed by atoms with E-state index in [2.05, 4.69) is 46.4 Å². The van der Waals surface area contributed by atoms with Crippen molar-refractivity contribution in [3.8, 4) is 0 Å². The summed E-state index contributed by atoms with van der Waals surface area (Å²) >= 11 is 0. The molecule has 3 fully saturated rings. The van der Waals surface area contributed by atoms with E-state index in [0.717, 1.165) is 57.4 Å². The van der Waals surface area contributed by atoms with Crippen LogP contribution < -0.4 is 5.32 Å². The summed E-state index contributed by atoms with van der Waals surface area (Å²) in [5.41, 5.74) is 2.09. The molecule has 1 aromatic carbocycles. The molecule has 1 N–H and O–H groups in total. The van der Waals surface area contributed by atoms with E-state index in [0.29, 0.717) is 18.4 Å². The maximum absolute atomic E-state index is 13.4. The van der Waals surface area contributed by atoms with Gasteiger partial charge in [-0.1, -0.05) is 56.2 Å². The first kappa shape index (κ1) is 25.9. The van der Waals surface area contributed by atoms with Crippen LogP contribution >= 0.6 is 0 Å². The molecule has 1 aliphatic carbocycles. The van der Waals surface area contributed by atoms with Crippen molar-refractivity contribution < 1.29 is 9.59 Å². The number of benzene rings is 1. The number of aromatic nitrogens is 1. The van der Waals surface area contributed by atoms with Gasteiger partial charge in [0.15, 0.2) is 0 Å². The molecule has 198 valence electrons. The molecule has 2 saturated heterocycles. The SMILES string of the molecule is CC(C(=O)NC(CCN1CCC2(CC1)CCN(Cc1cccnc1)C2=O)c1ccccc1)C1CCCC1. The summed E-state index contributed by atoms with van der Waals surface area (Å²) in [7, 11) is 0. The van der Waals surface area contributed by atoms with E-state index in [1.54, 1.807) is 6.20 Å². The number of nitrogens with zero attached hydrogens (tertiary/aromatic N) is 3. The first-order valence-corrected chi connectivity index (χ1v) is 14.3. The van der Waals surface area contributed by atoms with Crippen LogP contribution in [0.15, 0.2) is 54.9 Å². The molecule has 3 heterocycles. The van der Waals surface area contributed by atoms with Crippen LogP contribution in [-0.2, 0) is 16.1 Å². The second kappa shape index (κ2) is 11.8. The van der Waals surface area contributed by atoms with Crippen molar-refractivity contribution in [3.05, 3.63) is 66.0 Å². The number of pyridine rings is 1. The predicted molar refractivity (Wildman–Crippen MR) is 145 cm³/mol. The zero-order valence-corrected chi connectivity index (χ0v) is 22.3. The lowest BCUT2D eigenvalue weighted by molar-refractivity contribution is -0.139. The van der Waals surface area contributed by atoms with Gasteiger partial charge in [0.1, 0.15) is 0 Å². The van der Waals surface area contributed by atoms with Crippen molar-refractivity contribution in [1.82, 2.24) is 20.1 Å². The van der Waals surface area contributed by atoms with E-state index < -0.39 is 0 Å². The number of amides is 2. The van der Waals surface area contributed by atoms with Crippen LogP contribution in [0.3, 0.4) is 0 Å². The summed E-state index contributed by atoms with van der Waals surface area (Å²) in [5, 5.41) is 3.40. The minimum absolute atomic E-state index is 0.0246. The fraction of sp³-hybridized carbons (Fsp3) is 0.581. The number of likely N-dealkylation sites (tertiary alicyclic amines) is 2. The minimum atomic E-state index is -0.192. The normalized spacial score (nSPS) is 21.9. The molecule has 0 bridgehead atoms. The maximum Gasteiger partial charge on any atom is 0.229 e. The fourth-order valence-corrected chi connectivity index (χ4v) is 6.72. The van der Waals surface area contributed by atoms with E-state index in [9.17, 15) is 9.59 Å². The molecule has 6 nitrogen and oxygen atoms in total. The van der Waals surface area contributed by atoms with Gasteiger partial charge in [-0.2, -0.15) is 0 Å². The lowest BCUT2D eigenvalue weighted by atomic mass is 9.77. The zero-order valence-electron chi connectivity index (χ0n) is 22.3. The Bertz CT molecular complexity index is 1030. The largest absolute Gasteiger partial charge is 0.349 e. The average Bonchev–Trinajstić information content (AvgIpc) is 3.58. The van der Waals surface area contributed by atoms with Crippen LogP contribution in [0.1, 0.15) is 75.5 Å². The van der Waals surface area contributed by atoms with Gasteiger partial charge in [-0.3, -0.25) is 14.6 Å². The Morgan fingerprint density at radius 1 is 1.05 bits per heavy atom. The fourth-order valence-electron chi connectivity index (χ4n) is 6.72. The molecule has 2 amide bonds. The average molecular weight is 503 g/mol. The first-order chi connectivity index (χ1) is 18.0. The number of nitrogens with one attached hydrogen (secondary N) is 1. The zero-order chi connectivity index (χ0) is 25.7. The summed E-state index contributed by atoms with van der Waals surface area (Å²) in [6.45, 7) is 6.43. The van der Waals surface area contributed by atoms with Crippen molar-refractivity contribution in [2.24, 2.45) is 17.3 Å². The van der Waals surface area contributed by atoms with E-state index in [1.165, 1.54) is 31.2 Å². The topological polar surface area (TPSA) is 65.5 Å². The number of piperidine rings is 1. The van der Waals surface area contributed by atoms with E-state index in [-0.39, 0.29) is 23.3 Å². The van der Waals surface area contributed by atoms with Crippen molar-refractivity contribution in [2.45, 2.75) is 70.9 Å². The second-order valence-electron chi connectivity index (χ2n) is 11.6. The quantitative estimate of drug-likeness (QED) is 0.526. The van der Waals surface area contributed by atoms with Gasteiger partial charge in [0, 0.05) is 37.9 Å². The van der Waals surface area contributed by atoms with Gasteiger partial charge in [-0.15, -0.1) is 0 Å². The highest BCUT2D eigenvalue weighted by atomic mass is 16.2. The molecular formula is C31H42N4O2. The van der Waals surface area contributed by atoms with Gasteiger partial charge in [0.05, 0.1) is 11.5 Å². The van der Waals surface area contributed by atoms with Crippen molar-refractivity contribution in [3.63, 3.8) is 0 Å². The third-order valence-electron chi connectivity index (χ3n) is 9.28. The van der Waals surface area contributed by atoms with E-state index in [4.69, 9.17) is 0 Å². The number of carbonyl (C=O) groups is 2. The third-order valence-corrected chi connectivity index (χ3v) is 9.28. The van der Waals surface area contributed by atoms with Gasteiger partial charge in [-0.05, 0) is 74.7 Å². The first-order valence-electron chi connectivity index (χ1n) is 14.3. The Hall–Kier alpha value is -2.73. The second-order valence-corrected chi connectivity index (χ2v) is 11.6. The number of rotatable bonds is 9. The van der Waals surface area contributed by atoms with E-state index in [1.807, 2.05) is 29.3 Å². The van der Waals surface area contributed by atoms with Gasteiger partial charge in [-0.25, -0.2) is 0 Å². The Balaban J connectivity index is 1.15. The van der Waals surface area contributed by atoms with Crippen LogP contribution in [-0.4, -0.2) is 52.8 Å². The van der Waals surface area contributed by atoms with Crippen molar-refractivity contribution >= 4 is 11.8 Å². The molecule has 6 heteroatoms. The van der Waals surface area contributed by atoms with E-state index >= 15 is 0 Å². The van der Waals surface area contributed by atoms with Gasteiger partial charge in [0.25, 0.3) is 0 Å². The molecule has 1 saturated carbocycles. The molecule has 2 atom stereocenters. The van der Waals surface area contributed by atoms with Crippen LogP contribution in [0, 0.1) is 17.3 Å². The van der Waals surface area contributed by atoms with Crippen LogP contribution in [0.25, 0.3) is 0 Å². The Labute approximate surface area is 221 Å². The molecule has 1 aromatic heterocycles. The molecular weight excluding hydrogens is 460 g/mol. The highest BCUT2D eigenvalue weighted by Gasteiger charge is 2.47. The smallest absolute Gasteiger partial charge is 0.229 e. The Kier molecular flexibility index (Phi) is 8.23. The monoisotopic (exact) mass is 502 g/mol. The van der Waals surface area contributed by atoms with Crippen LogP contribution in [0.2, 0.25) is 0 Å². The molecule has 2 aliphatic heterocycles. The lowest BCUT2D eigenvalue weighted by Crippen LogP contribution is -2.45. The molecule has 3 aliphatic rings. The molecule has 2 unspecified atom stereocenters. The minimum Gasteiger partial charge on any atom is -0.349 e. The van der Waals surface area contributed by atoms with Gasteiger partial charge < -0.3 is 15.1 Å². The highest BCUT2D eigenvalue weighted by Crippen LogP contribution is 2.42. The third kappa shape index (κ3) is 6.06. The summed E-state index contributed by atoms with van der Waals surface area (Å²) < 4.78 is 0. The predicted octanol–water partition coefficient (Wildman–Crippen LogP) is 4.97. The lowest BCUT2D eigenvalue weighted by Gasteiger charge is -2.38. The maximum atomic E-state index is 13.4. The summed E-state index contributed by atoms with van der Waals surface area (Å²) in [4.78, 5) is 35.3. The number of hydrogen-bond acceptors (Lipinski definition) is 4. The summed E-state index contributed by atoms with van der Waals surface area (Å²) in [6, 6.07) is 14.4. The Morgan fingerprint density at radius 2 is 1.78 bits per heavy atom. The standard InChI is InChI=1S/C31H42N4O2/c1-24(26-9-5-6-10-26)29(36)33-28(27-11-3-2-4-12-27)13-18-34-19-14-31(15-20-34)16-21-35(30(31)37)23-25-8-7-17-32-22-25/h2-4,7-8,11-12,17,22,24,26,28H,5-6,9-10,13-16,18-21,23H2,1H3,(H,33,36). The molecule has 5 rings (SSSR count). The Morgan fingerprint density at radius 3 is 2.49 bits per heavy atom. The molecule has 37 heavy (non-hydrogen) atoms.